The second-order valence-corrected chi connectivity index (χ2v) is 8.38. The molecule has 2 saturated carbocycles. The van der Waals surface area contributed by atoms with Crippen molar-refractivity contribution < 1.29 is 20.1 Å². The summed E-state index contributed by atoms with van der Waals surface area (Å²) in [6.07, 6.45) is 4.52. The molecule has 0 radical (unpaired) electrons. The van der Waals surface area contributed by atoms with E-state index in [0.29, 0.717) is 37.8 Å². The normalized spacial score (nSPS) is 28.7. The van der Waals surface area contributed by atoms with Gasteiger partial charge in [0.1, 0.15) is 5.75 Å². The summed E-state index contributed by atoms with van der Waals surface area (Å²) >= 11 is 0. The van der Waals surface area contributed by atoms with Crippen LogP contribution in [-0.4, -0.2) is 46.5 Å². The predicted molar refractivity (Wildman–Crippen MR) is 104 cm³/mol. The van der Waals surface area contributed by atoms with E-state index in [1.54, 1.807) is 6.07 Å². The fourth-order valence-electron chi connectivity index (χ4n) is 4.78. The SMILES string of the molecule is Cc1ccc(C(N)=O)c(O)c1C1(CCNCC2CCC2)CC(O)CCC1O. The molecule has 0 aliphatic heterocycles. The molecular weight excluding hydrogens is 344 g/mol. The molecule has 1 aromatic rings. The number of nitrogens with two attached hydrogens (primary N) is 1. The van der Waals surface area contributed by atoms with Gasteiger partial charge >= 0.3 is 0 Å². The van der Waals surface area contributed by atoms with Crippen LogP contribution in [-0.2, 0) is 5.41 Å². The number of amides is 1. The number of primary amides is 1. The van der Waals surface area contributed by atoms with Gasteiger partial charge in [0.15, 0.2) is 0 Å². The van der Waals surface area contributed by atoms with Gasteiger partial charge in [0.25, 0.3) is 5.91 Å². The second-order valence-electron chi connectivity index (χ2n) is 8.38. The fraction of sp³-hybridized carbons (Fsp3) is 0.667. The van der Waals surface area contributed by atoms with Crippen LogP contribution in [0.3, 0.4) is 0 Å². The Hall–Kier alpha value is -1.63. The third-order valence-corrected chi connectivity index (χ3v) is 6.57. The van der Waals surface area contributed by atoms with E-state index in [0.717, 1.165) is 18.0 Å². The van der Waals surface area contributed by atoms with Crippen LogP contribution < -0.4 is 11.1 Å². The van der Waals surface area contributed by atoms with Crippen molar-refractivity contribution in [1.29, 1.82) is 0 Å². The molecule has 3 atom stereocenters. The number of aryl methyl sites for hydroxylation is 1. The van der Waals surface area contributed by atoms with Crippen molar-refractivity contribution in [3.63, 3.8) is 0 Å². The van der Waals surface area contributed by atoms with Gasteiger partial charge in [0.05, 0.1) is 17.8 Å². The number of hydrogen-bond donors (Lipinski definition) is 5. The van der Waals surface area contributed by atoms with Crippen LogP contribution in [0, 0.1) is 12.8 Å². The largest absolute Gasteiger partial charge is 0.507 e. The van der Waals surface area contributed by atoms with Crippen molar-refractivity contribution in [2.75, 3.05) is 13.1 Å². The molecule has 1 aromatic carbocycles. The van der Waals surface area contributed by atoms with Gasteiger partial charge in [-0.1, -0.05) is 12.5 Å². The van der Waals surface area contributed by atoms with Crippen molar-refractivity contribution in [2.45, 2.75) is 69.5 Å². The lowest BCUT2D eigenvalue weighted by Crippen LogP contribution is -2.49. The van der Waals surface area contributed by atoms with Crippen LogP contribution in [0.4, 0.5) is 0 Å². The highest BCUT2D eigenvalue weighted by molar-refractivity contribution is 5.96. The lowest BCUT2D eigenvalue weighted by Gasteiger charge is -2.45. The van der Waals surface area contributed by atoms with E-state index in [1.807, 2.05) is 6.92 Å². The summed E-state index contributed by atoms with van der Waals surface area (Å²) < 4.78 is 0. The van der Waals surface area contributed by atoms with Gasteiger partial charge in [0.2, 0.25) is 0 Å². The van der Waals surface area contributed by atoms with Gasteiger partial charge in [0, 0.05) is 11.0 Å². The standard InChI is InChI=1S/C21H32N2O4/c1-13-5-7-16(20(22)27)19(26)18(13)21(11-15(24)6-8-17(21)25)9-10-23-12-14-3-2-4-14/h5,7,14-15,17,23-26H,2-4,6,8-12H2,1H3,(H2,22,27). The van der Waals surface area contributed by atoms with Crippen LogP contribution in [0.15, 0.2) is 12.1 Å². The number of rotatable bonds is 7. The highest BCUT2D eigenvalue weighted by Gasteiger charge is 2.46. The smallest absolute Gasteiger partial charge is 0.252 e. The first-order valence-corrected chi connectivity index (χ1v) is 10.0. The van der Waals surface area contributed by atoms with Gasteiger partial charge in [-0.05, 0) is 76.1 Å². The summed E-state index contributed by atoms with van der Waals surface area (Å²) in [7, 11) is 0. The summed E-state index contributed by atoms with van der Waals surface area (Å²) in [6, 6.07) is 3.27. The Morgan fingerprint density at radius 3 is 2.63 bits per heavy atom. The Balaban J connectivity index is 1.92. The Morgan fingerprint density at radius 1 is 1.26 bits per heavy atom. The number of aromatic hydroxyl groups is 1. The molecule has 0 spiro atoms. The minimum Gasteiger partial charge on any atom is -0.507 e. The first kappa shape index (κ1) is 20.1. The summed E-state index contributed by atoms with van der Waals surface area (Å²) in [6.45, 7) is 3.50. The third kappa shape index (κ3) is 3.98. The second kappa shape index (κ2) is 8.17. The average Bonchev–Trinajstić information content (AvgIpc) is 2.56. The fourth-order valence-corrected chi connectivity index (χ4v) is 4.78. The van der Waals surface area contributed by atoms with Crippen LogP contribution in [0.2, 0.25) is 0 Å². The maximum absolute atomic E-state index is 11.7. The molecule has 3 rings (SSSR count). The van der Waals surface area contributed by atoms with Crippen molar-refractivity contribution in [3.05, 3.63) is 28.8 Å². The molecule has 6 nitrogen and oxygen atoms in total. The van der Waals surface area contributed by atoms with Crippen LogP contribution in [0.25, 0.3) is 0 Å². The van der Waals surface area contributed by atoms with Crippen LogP contribution >= 0.6 is 0 Å². The number of carbonyl (C=O) groups is 1. The Labute approximate surface area is 160 Å². The van der Waals surface area contributed by atoms with Crippen LogP contribution in [0.5, 0.6) is 5.75 Å². The van der Waals surface area contributed by atoms with Gasteiger partial charge < -0.3 is 26.4 Å². The molecule has 2 fully saturated rings. The molecular formula is C21H32N2O4. The van der Waals surface area contributed by atoms with Crippen molar-refractivity contribution >= 4 is 5.91 Å². The zero-order valence-corrected chi connectivity index (χ0v) is 16.1. The van der Waals surface area contributed by atoms with E-state index < -0.39 is 23.5 Å². The molecule has 2 aliphatic carbocycles. The zero-order chi connectivity index (χ0) is 19.6. The minimum absolute atomic E-state index is 0.0599. The maximum Gasteiger partial charge on any atom is 0.252 e. The molecule has 2 aliphatic rings. The van der Waals surface area contributed by atoms with Crippen LogP contribution in [0.1, 0.15) is 66.4 Å². The lowest BCUT2D eigenvalue weighted by atomic mass is 9.63. The van der Waals surface area contributed by atoms with Crippen molar-refractivity contribution in [3.8, 4) is 5.75 Å². The van der Waals surface area contributed by atoms with Crippen molar-refractivity contribution in [2.24, 2.45) is 11.7 Å². The summed E-state index contributed by atoms with van der Waals surface area (Å²) in [5.41, 5.74) is 6.03. The van der Waals surface area contributed by atoms with Gasteiger partial charge in [-0.15, -0.1) is 0 Å². The molecule has 150 valence electrons. The number of carbonyl (C=O) groups excluding carboxylic acids is 1. The number of aliphatic hydroxyl groups is 2. The van der Waals surface area contributed by atoms with Gasteiger partial charge in [-0.2, -0.15) is 0 Å². The number of hydrogen-bond acceptors (Lipinski definition) is 5. The van der Waals surface area contributed by atoms with E-state index in [4.69, 9.17) is 5.73 Å². The molecule has 6 N–H and O–H groups in total. The molecule has 0 aromatic heterocycles. The highest BCUT2D eigenvalue weighted by Crippen LogP contribution is 2.48. The Kier molecular flexibility index (Phi) is 6.08. The molecule has 27 heavy (non-hydrogen) atoms. The molecule has 0 saturated heterocycles. The minimum atomic E-state index is -0.802. The molecule has 0 heterocycles. The summed E-state index contributed by atoms with van der Waals surface area (Å²) in [5, 5.41) is 35.7. The summed E-state index contributed by atoms with van der Waals surface area (Å²) in [4.78, 5) is 11.7. The Morgan fingerprint density at radius 2 is 2.00 bits per heavy atom. The number of benzene rings is 1. The van der Waals surface area contributed by atoms with E-state index >= 15 is 0 Å². The van der Waals surface area contributed by atoms with Crippen molar-refractivity contribution in [1.82, 2.24) is 5.32 Å². The maximum atomic E-state index is 11.7. The van der Waals surface area contributed by atoms with E-state index in [9.17, 15) is 20.1 Å². The predicted octanol–water partition coefficient (Wildman–Crippen LogP) is 1.72. The van der Waals surface area contributed by atoms with Gasteiger partial charge in [-0.25, -0.2) is 0 Å². The van der Waals surface area contributed by atoms with E-state index in [2.05, 4.69) is 5.32 Å². The van der Waals surface area contributed by atoms with E-state index in [-0.39, 0.29) is 11.3 Å². The highest BCUT2D eigenvalue weighted by atomic mass is 16.3. The third-order valence-electron chi connectivity index (χ3n) is 6.57. The molecule has 1 amide bonds. The number of aliphatic hydroxyl groups excluding tert-OH is 2. The monoisotopic (exact) mass is 376 g/mol. The van der Waals surface area contributed by atoms with E-state index in [1.165, 1.54) is 25.3 Å². The number of phenols is 1. The van der Waals surface area contributed by atoms with Gasteiger partial charge in [-0.3, -0.25) is 4.79 Å². The Bertz CT molecular complexity index is 689. The zero-order valence-electron chi connectivity index (χ0n) is 16.1. The number of nitrogens with one attached hydrogen (secondary N) is 1. The molecule has 6 heteroatoms. The average molecular weight is 376 g/mol. The molecule has 0 bridgehead atoms. The quantitative estimate of drug-likeness (QED) is 0.465. The topological polar surface area (TPSA) is 116 Å². The summed E-state index contributed by atoms with van der Waals surface area (Å²) in [5.74, 6) is -0.122. The molecule has 3 unspecified atom stereocenters. The first-order chi connectivity index (χ1) is 12.8. The first-order valence-electron chi connectivity index (χ1n) is 10.0. The lowest BCUT2D eigenvalue weighted by molar-refractivity contribution is -0.0201.